The van der Waals surface area contributed by atoms with Gasteiger partial charge >= 0.3 is 5.97 Å². The van der Waals surface area contributed by atoms with Gasteiger partial charge in [0.2, 0.25) is 0 Å². The van der Waals surface area contributed by atoms with Gasteiger partial charge in [-0.05, 0) is 12.8 Å². The highest BCUT2D eigenvalue weighted by atomic mass is 127. The van der Waals surface area contributed by atoms with E-state index in [2.05, 4.69) is 8.27 Å². The van der Waals surface area contributed by atoms with E-state index in [9.17, 15) is 4.79 Å². The fourth-order valence-electron chi connectivity index (χ4n) is 0.658. The average Bonchev–Trinajstić information content (AvgIpc) is 2.66. The predicted molar refractivity (Wildman–Crippen MR) is 48.4 cm³/mol. The molecule has 60 valence electrons. The molecule has 0 bridgehead atoms. The maximum Gasteiger partial charge on any atom is 0.326 e. The van der Waals surface area contributed by atoms with Gasteiger partial charge in [0.05, 0.1) is 7.11 Å². The molecule has 1 rings (SSSR count). The summed E-state index contributed by atoms with van der Waals surface area (Å²) in [5, 5.41) is 0. The third-order valence-corrected chi connectivity index (χ3v) is 2.54. The van der Waals surface area contributed by atoms with Crippen molar-refractivity contribution in [3.63, 3.8) is 0 Å². The molecule has 0 aromatic rings. The van der Waals surface area contributed by atoms with Crippen molar-refractivity contribution in [3.05, 3.63) is 0 Å². The standard InChI is InChI=1S/C5H8INO2.ClH/c1-9-4(8)5(7-6)2-3-5;/h7H,2-3H2,1H3;1H. The molecule has 0 aromatic heterocycles. The Morgan fingerprint density at radius 1 is 1.70 bits per heavy atom. The van der Waals surface area contributed by atoms with Crippen LogP contribution in [0.25, 0.3) is 0 Å². The molecule has 0 unspecified atom stereocenters. The number of rotatable bonds is 2. The van der Waals surface area contributed by atoms with Gasteiger partial charge in [0.1, 0.15) is 5.54 Å². The number of carbonyl (C=O) groups excluding carboxylic acids is 1. The van der Waals surface area contributed by atoms with Crippen LogP contribution in [0, 0.1) is 0 Å². The van der Waals surface area contributed by atoms with Gasteiger partial charge in [-0.25, -0.2) is 3.53 Å². The molecule has 0 amide bonds. The van der Waals surface area contributed by atoms with Crippen molar-refractivity contribution >= 4 is 41.2 Å². The van der Waals surface area contributed by atoms with Crippen molar-refractivity contribution in [2.75, 3.05) is 7.11 Å². The third-order valence-electron chi connectivity index (χ3n) is 1.51. The molecule has 1 N–H and O–H groups in total. The molecule has 0 aliphatic heterocycles. The molecule has 0 spiro atoms. The maximum atomic E-state index is 10.8. The number of nitrogens with one attached hydrogen (secondary N) is 1. The van der Waals surface area contributed by atoms with Crippen LogP contribution in [0.15, 0.2) is 0 Å². The Balaban J connectivity index is 0.000000810. The Labute approximate surface area is 79.8 Å². The molecule has 0 heterocycles. The van der Waals surface area contributed by atoms with Crippen LogP contribution in [0.2, 0.25) is 0 Å². The Hall–Kier alpha value is 0.450. The predicted octanol–water partition coefficient (Wildman–Crippen LogP) is 1.05. The quantitative estimate of drug-likeness (QED) is 0.466. The van der Waals surface area contributed by atoms with Crippen LogP contribution in [0.3, 0.4) is 0 Å². The van der Waals surface area contributed by atoms with Gasteiger partial charge in [-0.2, -0.15) is 0 Å². The lowest BCUT2D eigenvalue weighted by atomic mass is 10.3. The van der Waals surface area contributed by atoms with E-state index in [0.29, 0.717) is 0 Å². The van der Waals surface area contributed by atoms with Crippen LogP contribution in [0.1, 0.15) is 12.8 Å². The van der Waals surface area contributed by atoms with E-state index in [1.165, 1.54) is 7.11 Å². The first-order valence-electron chi connectivity index (χ1n) is 2.71. The van der Waals surface area contributed by atoms with Crippen LogP contribution < -0.4 is 3.53 Å². The van der Waals surface area contributed by atoms with Crippen LogP contribution in [0.4, 0.5) is 0 Å². The van der Waals surface area contributed by atoms with E-state index >= 15 is 0 Å². The van der Waals surface area contributed by atoms with E-state index in [0.717, 1.165) is 12.8 Å². The zero-order valence-corrected chi connectivity index (χ0v) is 8.49. The summed E-state index contributed by atoms with van der Waals surface area (Å²) < 4.78 is 7.46. The fourth-order valence-corrected chi connectivity index (χ4v) is 1.42. The van der Waals surface area contributed by atoms with E-state index in [-0.39, 0.29) is 23.9 Å². The molecule has 0 saturated heterocycles. The van der Waals surface area contributed by atoms with Gasteiger partial charge < -0.3 is 4.74 Å². The minimum absolute atomic E-state index is 0. The molecule has 1 aliphatic carbocycles. The second kappa shape index (κ2) is 3.73. The summed E-state index contributed by atoms with van der Waals surface area (Å²) >= 11 is 1.98. The molecule has 0 aromatic carbocycles. The monoisotopic (exact) mass is 277 g/mol. The van der Waals surface area contributed by atoms with Crippen molar-refractivity contribution < 1.29 is 9.53 Å². The van der Waals surface area contributed by atoms with Crippen molar-refractivity contribution in [2.24, 2.45) is 0 Å². The van der Waals surface area contributed by atoms with Gasteiger partial charge in [-0.1, -0.05) is 0 Å². The van der Waals surface area contributed by atoms with Crippen molar-refractivity contribution in [1.29, 1.82) is 0 Å². The van der Waals surface area contributed by atoms with Gasteiger partial charge in [0.15, 0.2) is 0 Å². The minimum atomic E-state index is -0.324. The molecular weight excluding hydrogens is 268 g/mol. The van der Waals surface area contributed by atoms with Crippen LogP contribution in [-0.2, 0) is 9.53 Å². The lowest BCUT2D eigenvalue weighted by Gasteiger charge is -2.07. The lowest BCUT2D eigenvalue weighted by molar-refractivity contribution is -0.143. The third kappa shape index (κ3) is 1.73. The number of methoxy groups -OCH3 is 1. The molecule has 1 saturated carbocycles. The van der Waals surface area contributed by atoms with Crippen molar-refractivity contribution in [3.8, 4) is 0 Å². The summed E-state index contributed by atoms with van der Waals surface area (Å²) in [5.41, 5.74) is -0.324. The fraction of sp³-hybridized carbons (Fsp3) is 0.800. The number of hydrogen-bond donors (Lipinski definition) is 1. The molecule has 10 heavy (non-hydrogen) atoms. The van der Waals surface area contributed by atoms with Crippen LogP contribution in [0.5, 0.6) is 0 Å². The zero-order valence-electron chi connectivity index (χ0n) is 5.52. The van der Waals surface area contributed by atoms with Gasteiger partial charge in [0, 0.05) is 22.9 Å². The van der Waals surface area contributed by atoms with Crippen LogP contribution >= 0.6 is 35.3 Å². The molecule has 1 fully saturated rings. The highest BCUT2D eigenvalue weighted by Crippen LogP contribution is 2.37. The number of ether oxygens (including phenoxy) is 1. The topological polar surface area (TPSA) is 38.3 Å². The largest absolute Gasteiger partial charge is 0.468 e. The highest BCUT2D eigenvalue weighted by Gasteiger charge is 2.50. The minimum Gasteiger partial charge on any atom is -0.468 e. The summed E-state index contributed by atoms with van der Waals surface area (Å²) in [6, 6.07) is 0. The van der Waals surface area contributed by atoms with Crippen molar-refractivity contribution in [1.82, 2.24) is 3.53 Å². The van der Waals surface area contributed by atoms with Crippen molar-refractivity contribution in [2.45, 2.75) is 18.4 Å². The summed E-state index contributed by atoms with van der Waals surface area (Å²) in [6.45, 7) is 0. The van der Waals surface area contributed by atoms with E-state index < -0.39 is 0 Å². The normalized spacial score (nSPS) is 19.0. The number of hydrogen-bond acceptors (Lipinski definition) is 3. The van der Waals surface area contributed by atoms with E-state index in [1.807, 2.05) is 22.9 Å². The Morgan fingerprint density at radius 2 is 2.20 bits per heavy atom. The molecule has 1 aliphatic rings. The molecule has 0 radical (unpaired) electrons. The second-order valence-electron chi connectivity index (χ2n) is 2.17. The first-order chi connectivity index (χ1) is 4.25. The van der Waals surface area contributed by atoms with Gasteiger partial charge in [-0.3, -0.25) is 4.79 Å². The summed E-state index contributed by atoms with van der Waals surface area (Å²) in [4.78, 5) is 10.8. The highest BCUT2D eigenvalue weighted by molar-refractivity contribution is 14.1. The maximum absolute atomic E-state index is 10.8. The molecule has 5 heteroatoms. The molecule has 3 nitrogen and oxygen atoms in total. The van der Waals surface area contributed by atoms with E-state index in [4.69, 9.17) is 0 Å². The lowest BCUT2D eigenvalue weighted by Crippen LogP contribution is -2.33. The summed E-state index contributed by atoms with van der Waals surface area (Å²) in [6.07, 6.45) is 1.81. The summed E-state index contributed by atoms with van der Waals surface area (Å²) in [5.74, 6) is -0.142. The first-order valence-corrected chi connectivity index (χ1v) is 3.79. The van der Waals surface area contributed by atoms with Gasteiger partial charge in [-0.15, -0.1) is 12.4 Å². The Kier molecular flexibility index (Phi) is 3.90. The van der Waals surface area contributed by atoms with Gasteiger partial charge in [0.25, 0.3) is 0 Å². The Bertz CT molecular complexity index is 138. The van der Waals surface area contributed by atoms with E-state index in [1.54, 1.807) is 0 Å². The second-order valence-corrected chi connectivity index (χ2v) is 2.71. The first kappa shape index (κ1) is 10.4. The average molecular weight is 277 g/mol. The summed E-state index contributed by atoms with van der Waals surface area (Å²) in [7, 11) is 1.41. The number of esters is 1. The molecule has 0 atom stereocenters. The van der Waals surface area contributed by atoms with Crippen LogP contribution in [-0.4, -0.2) is 18.6 Å². The Morgan fingerprint density at radius 3 is 2.30 bits per heavy atom. The zero-order chi connectivity index (χ0) is 6.91. The number of carbonyl (C=O) groups is 1. The smallest absolute Gasteiger partial charge is 0.326 e. The number of halogens is 2. The molecular formula is C5H9ClINO2. The SMILES string of the molecule is COC(=O)C1(NI)CC1.Cl.